The van der Waals surface area contributed by atoms with Gasteiger partial charge in [0.05, 0.1) is 24.3 Å². The molecule has 0 unspecified atom stereocenters. The van der Waals surface area contributed by atoms with Gasteiger partial charge in [0.25, 0.3) is 5.56 Å². The summed E-state index contributed by atoms with van der Waals surface area (Å²) in [5.74, 6) is 0.154. The van der Waals surface area contributed by atoms with Crippen LogP contribution in [-0.4, -0.2) is 27.6 Å². The molecule has 7 nitrogen and oxygen atoms in total. The minimum absolute atomic E-state index is 0.114. The van der Waals surface area contributed by atoms with Gasteiger partial charge in [-0.25, -0.2) is 9.97 Å². The second kappa shape index (κ2) is 7.43. The molecule has 0 bridgehead atoms. The number of rotatable bonds is 5. The maximum absolute atomic E-state index is 12.5. The molecule has 0 saturated carbocycles. The Morgan fingerprint density at radius 3 is 2.96 bits per heavy atom. The number of carbonyl (C=O) groups is 1. The number of pyridine rings is 1. The Kier molecular flexibility index (Phi) is 5.08. The highest BCUT2D eigenvalue weighted by atomic mass is 79.9. The van der Waals surface area contributed by atoms with Crippen molar-refractivity contribution in [3.63, 3.8) is 0 Å². The lowest BCUT2D eigenvalue weighted by Crippen LogP contribution is -2.32. The molecule has 2 aromatic heterocycles. The highest BCUT2D eigenvalue weighted by Gasteiger charge is 2.10. The zero-order chi connectivity index (χ0) is 17.8. The van der Waals surface area contributed by atoms with E-state index in [4.69, 9.17) is 4.74 Å². The van der Waals surface area contributed by atoms with Gasteiger partial charge in [0.1, 0.15) is 6.54 Å². The van der Waals surface area contributed by atoms with Crippen LogP contribution in [0.3, 0.4) is 0 Å². The quantitative estimate of drug-likeness (QED) is 0.703. The Balaban J connectivity index is 1.74. The fourth-order valence-electron chi connectivity index (χ4n) is 2.39. The molecular formula is C17H15BrN4O3. The zero-order valence-corrected chi connectivity index (χ0v) is 15.0. The van der Waals surface area contributed by atoms with Crippen molar-refractivity contribution in [1.29, 1.82) is 0 Å². The molecule has 0 aliphatic rings. The Morgan fingerprint density at radius 1 is 1.32 bits per heavy atom. The summed E-state index contributed by atoms with van der Waals surface area (Å²) in [6.07, 6.45) is 2.99. The summed E-state index contributed by atoms with van der Waals surface area (Å²) in [5.41, 5.74) is 1.08. The summed E-state index contributed by atoms with van der Waals surface area (Å²) in [6, 6.07) is 8.83. The summed E-state index contributed by atoms with van der Waals surface area (Å²) >= 11 is 3.33. The topological polar surface area (TPSA) is 86.1 Å². The number of nitrogens with one attached hydrogen (secondary N) is 1. The third kappa shape index (κ3) is 3.85. The van der Waals surface area contributed by atoms with Gasteiger partial charge in [0.15, 0.2) is 0 Å². The predicted octanol–water partition coefficient (Wildman–Crippen LogP) is 1.88. The van der Waals surface area contributed by atoms with E-state index in [1.807, 2.05) is 12.1 Å². The molecule has 2 heterocycles. The summed E-state index contributed by atoms with van der Waals surface area (Å²) in [4.78, 5) is 32.9. The largest absolute Gasteiger partial charge is 0.481 e. The van der Waals surface area contributed by atoms with E-state index in [0.29, 0.717) is 16.8 Å². The van der Waals surface area contributed by atoms with E-state index in [0.717, 1.165) is 10.0 Å². The van der Waals surface area contributed by atoms with Crippen molar-refractivity contribution in [2.24, 2.45) is 0 Å². The number of hydrogen-bond acceptors (Lipinski definition) is 5. The summed E-state index contributed by atoms with van der Waals surface area (Å²) in [6.45, 7) is 0.147. The van der Waals surface area contributed by atoms with Crippen molar-refractivity contribution in [3.8, 4) is 5.88 Å². The number of carbonyl (C=O) groups excluding carboxylic acids is 1. The first-order valence-electron chi connectivity index (χ1n) is 7.48. The lowest BCUT2D eigenvalue weighted by atomic mass is 10.2. The molecular weight excluding hydrogens is 388 g/mol. The molecule has 0 aliphatic heterocycles. The van der Waals surface area contributed by atoms with E-state index in [2.05, 4.69) is 31.2 Å². The number of benzene rings is 1. The maximum Gasteiger partial charge on any atom is 0.261 e. The van der Waals surface area contributed by atoms with Gasteiger partial charge in [0.2, 0.25) is 11.8 Å². The highest BCUT2D eigenvalue weighted by molar-refractivity contribution is 9.10. The lowest BCUT2D eigenvalue weighted by Gasteiger charge is -2.10. The third-order valence-electron chi connectivity index (χ3n) is 3.62. The first-order valence-corrected chi connectivity index (χ1v) is 8.27. The van der Waals surface area contributed by atoms with Crippen LogP contribution in [0.15, 0.2) is 52.1 Å². The van der Waals surface area contributed by atoms with Gasteiger partial charge in [-0.15, -0.1) is 0 Å². The number of halogens is 1. The first-order chi connectivity index (χ1) is 12.1. The number of amides is 1. The minimum Gasteiger partial charge on any atom is -0.481 e. The van der Waals surface area contributed by atoms with Gasteiger partial charge in [-0.3, -0.25) is 14.2 Å². The number of methoxy groups -OCH3 is 1. The van der Waals surface area contributed by atoms with E-state index in [9.17, 15) is 9.59 Å². The molecule has 0 aliphatic carbocycles. The fraction of sp³-hybridized carbons (Fsp3) is 0.176. The van der Waals surface area contributed by atoms with Crippen LogP contribution in [0.25, 0.3) is 10.9 Å². The van der Waals surface area contributed by atoms with Crippen molar-refractivity contribution in [2.75, 3.05) is 7.11 Å². The van der Waals surface area contributed by atoms with Crippen molar-refractivity contribution < 1.29 is 9.53 Å². The normalized spacial score (nSPS) is 10.6. The molecule has 1 N–H and O–H groups in total. The Labute approximate surface area is 151 Å². The molecule has 1 aromatic carbocycles. The number of nitrogens with zero attached hydrogens (tertiary/aromatic N) is 3. The lowest BCUT2D eigenvalue weighted by molar-refractivity contribution is -0.121. The molecule has 3 aromatic rings. The summed E-state index contributed by atoms with van der Waals surface area (Å²) in [5, 5.41) is 3.21. The Hall–Kier alpha value is -2.74. The number of ether oxygens (including phenoxy) is 1. The molecule has 1 amide bonds. The monoisotopic (exact) mass is 402 g/mol. The second-order valence-corrected chi connectivity index (χ2v) is 6.20. The van der Waals surface area contributed by atoms with Crippen molar-refractivity contribution in [3.05, 3.63) is 63.2 Å². The molecule has 0 fully saturated rings. The zero-order valence-electron chi connectivity index (χ0n) is 13.4. The van der Waals surface area contributed by atoms with Crippen LogP contribution in [-0.2, 0) is 17.9 Å². The standard InChI is InChI=1S/C17H15BrN4O3/c1-25-16-11(3-2-6-19-16)8-20-15(23)9-22-10-21-14-5-4-12(18)7-13(14)17(22)24/h2-7,10H,8-9H2,1H3,(H,20,23). The third-order valence-corrected chi connectivity index (χ3v) is 4.11. The maximum atomic E-state index is 12.5. The average molecular weight is 403 g/mol. The number of aromatic nitrogens is 3. The molecule has 0 radical (unpaired) electrons. The molecule has 0 atom stereocenters. The first kappa shape index (κ1) is 17.1. The van der Waals surface area contributed by atoms with Crippen LogP contribution in [0.2, 0.25) is 0 Å². The SMILES string of the molecule is COc1ncccc1CNC(=O)Cn1cnc2ccc(Br)cc2c1=O. The van der Waals surface area contributed by atoms with Gasteiger partial charge in [-0.05, 0) is 24.3 Å². The average Bonchev–Trinajstić information content (AvgIpc) is 2.63. The van der Waals surface area contributed by atoms with Crippen LogP contribution in [0.1, 0.15) is 5.56 Å². The van der Waals surface area contributed by atoms with Crippen molar-refractivity contribution in [1.82, 2.24) is 19.9 Å². The van der Waals surface area contributed by atoms with Crippen molar-refractivity contribution in [2.45, 2.75) is 13.1 Å². The van der Waals surface area contributed by atoms with E-state index in [-0.39, 0.29) is 24.6 Å². The van der Waals surface area contributed by atoms with Gasteiger partial charge in [0, 0.05) is 22.8 Å². The number of fused-ring (bicyclic) bond motifs is 1. The summed E-state index contributed by atoms with van der Waals surface area (Å²) < 4.78 is 7.21. The van der Waals surface area contributed by atoms with Crippen LogP contribution in [0.4, 0.5) is 0 Å². The molecule has 128 valence electrons. The van der Waals surface area contributed by atoms with Crippen LogP contribution in [0.5, 0.6) is 5.88 Å². The van der Waals surface area contributed by atoms with E-state index in [1.54, 1.807) is 24.4 Å². The van der Waals surface area contributed by atoms with Gasteiger partial charge in [-0.2, -0.15) is 0 Å². The number of hydrogen-bond donors (Lipinski definition) is 1. The van der Waals surface area contributed by atoms with E-state index in [1.165, 1.54) is 18.0 Å². The molecule has 0 spiro atoms. The van der Waals surface area contributed by atoms with Crippen molar-refractivity contribution >= 4 is 32.7 Å². The van der Waals surface area contributed by atoms with Crippen LogP contribution < -0.4 is 15.6 Å². The molecule has 0 saturated heterocycles. The van der Waals surface area contributed by atoms with Crippen LogP contribution in [0, 0.1) is 0 Å². The predicted molar refractivity (Wildman–Crippen MR) is 96.3 cm³/mol. The van der Waals surface area contributed by atoms with E-state index < -0.39 is 0 Å². The van der Waals surface area contributed by atoms with Gasteiger partial charge >= 0.3 is 0 Å². The minimum atomic E-state index is -0.302. The molecule has 3 rings (SSSR count). The molecule has 8 heteroatoms. The summed E-state index contributed by atoms with van der Waals surface area (Å²) in [7, 11) is 1.52. The highest BCUT2D eigenvalue weighted by Crippen LogP contribution is 2.15. The van der Waals surface area contributed by atoms with Crippen LogP contribution >= 0.6 is 15.9 Å². The fourth-order valence-corrected chi connectivity index (χ4v) is 2.75. The molecule has 25 heavy (non-hydrogen) atoms. The van der Waals surface area contributed by atoms with Gasteiger partial charge in [-0.1, -0.05) is 22.0 Å². The Bertz CT molecular complexity index is 987. The second-order valence-electron chi connectivity index (χ2n) is 5.29. The van der Waals surface area contributed by atoms with E-state index >= 15 is 0 Å². The van der Waals surface area contributed by atoms with Gasteiger partial charge < -0.3 is 10.1 Å². The Morgan fingerprint density at radius 2 is 2.16 bits per heavy atom. The smallest absolute Gasteiger partial charge is 0.261 e.